The summed E-state index contributed by atoms with van der Waals surface area (Å²) in [7, 11) is 0. The molecule has 0 radical (unpaired) electrons. The lowest BCUT2D eigenvalue weighted by Crippen LogP contribution is -2.39. The van der Waals surface area contributed by atoms with E-state index in [1.54, 1.807) is 22.0 Å². The van der Waals surface area contributed by atoms with Crippen molar-refractivity contribution in [2.45, 2.75) is 75.5 Å². The second-order valence-corrected chi connectivity index (χ2v) is 10.9. The van der Waals surface area contributed by atoms with Crippen molar-refractivity contribution in [1.82, 2.24) is 14.9 Å². The van der Waals surface area contributed by atoms with E-state index in [1.807, 2.05) is 0 Å². The summed E-state index contributed by atoms with van der Waals surface area (Å²) in [4.78, 5) is 33.0. The minimum Gasteiger partial charge on any atom is -0.352 e. The van der Waals surface area contributed by atoms with Crippen LogP contribution in [0.2, 0.25) is 0 Å². The molecule has 160 valence electrons. The zero-order valence-corrected chi connectivity index (χ0v) is 19.0. The lowest BCUT2D eigenvalue weighted by molar-refractivity contribution is -0.119. The van der Waals surface area contributed by atoms with Crippen molar-refractivity contribution in [3.8, 4) is 0 Å². The number of carbonyl (C=O) groups is 1. The Hall–Kier alpha value is -1.60. The van der Waals surface area contributed by atoms with Crippen LogP contribution in [0.4, 0.5) is 0 Å². The number of aromatic nitrogens is 2. The van der Waals surface area contributed by atoms with Gasteiger partial charge in [0.2, 0.25) is 5.91 Å². The van der Waals surface area contributed by atoms with Crippen LogP contribution in [0, 0.1) is 11.8 Å². The van der Waals surface area contributed by atoms with E-state index in [4.69, 9.17) is 4.98 Å². The highest BCUT2D eigenvalue weighted by Crippen LogP contribution is 2.44. The number of amides is 1. The molecule has 2 saturated carbocycles. The first-order valence-corrected chi connectivity index (χ1v) is 13.0. The highest BCUT2D eigenvalue weighted by molar-refractivity contribution is 7.99. The summed E-state index contributed by atoms with van der Waals surface area (Å²) in [5, 5.41) is 4.70. The summed E-state index contributed by atoms with van der Waals surface area (Å²) in [6.45, 7) is 4.24. The molecule has 0 aliphatic heterocycles. The minimum atomic E-state index is 0.0241. The highest BCUT2D eigenvalue weighted by atomic mass is 32.2. The molecule has 0 atom stereocenters. The van der Waals surface area contributed by atoms with Crippen molar-refractivity contribution < 1.29 is 4.79 Å². The van der Waals surface area contributed by atoms with E-state index in [-0.39, 0.29) is 11.5 Å². The van der Waals surface area contributed by atoms with E-state index in [0.29, 0.717) is 35.3 Å². The van der Waals surface area contributed by atoms with Crippen molar-refractivity contribution in [3.63, 3.8) is 0 Å². The molecule has 0 unspecified atom stereocenters. The Kier molecular flexibility index (Phi) is 5.75. The second-order valence-electron chi connectivity index (χ2n) is 8.90. The monoisotopic (exact) mass is 443 g/mol. The molecular weight excluding hydrogens is 414 g/mol. The third kappa shape index (κ3) is 4.11. The highest BCUT2D eigenvalue weighted by Gasteiger charge is 2.42. The van der Waals surface area contributed by atoms with Crippen molar-refractivity contribution in [2.75, 3.05) is 5.75 Å². The van der Waals surface area contributed by atoms with E-state index in [2.05, 4.69) is 11.9 Å². The van der Waals surface area contributed by atoms with Crippen LogP contribution in [0.15, 0.2) is 22.6 Å². The van der Waals surface area contributed by atoms with Gasteiger partial charge in [0, 0.05) is 17.5 Å². The number of thiophene rings is 1. The normalized spacial score (nSPS) is 19.0. The minimum absolute atomic E-state index is 0.0241. The van der Waals surface area contributed by atoms with Crippen molar-refractivity contribution in [2.24, 2.45) is 11.8 Å². The number of fused-ring (bicyclic) bond motifs is 3. The van der Waals surface area contributed by atoms with Crippen LogP contribution in [-0.2, 0) is 24.2 Å². The summed E-state index contributed by atoms with van der Waals surface area (Å²) in [5.41, 5.74) is 1.24. The van der Waals surface area contributed by atoms with E-state index in [9.17, 15) is 9.59 Å². The lowest BCUT2D eigenvalue weighted by Gasteiger charge is -2.17. The maximum Gasteiger partial charge on any atom is 0.263 e. The third-order valence-corrected chi connectivity index (χ3v) is 8.68. The molecule has 2 aromatic heterocycles. The smallest absolute Gasteiger partial charge is 0.263 e. The van der Waals surface area contributed by atoms with Crippen LogP contribution < -0.4 is 10.9 Å². The zero-order chi connectivity index (χ0) is 20.7. The Bertz CT molecular complexity index is 1020. The molecule has 2 heterocycles. The number of thioether (sulfide) groups is 1. The summed E-state index contributed by atoms with van der Waals surface area (Å²) in [6.07, 6.45) is 12.3. The number of hydrogen-bond acceptors (Lipinski definition) is 5. The first-order valence-electron chi connectivity index (χ1n) is 11.2. The van der Waals surface area contributed by atoms with Gasteiger partial charge in [-0.2, -0.15) is 0 Å². The van der Waals surface area contributed by atoms with Crippen molar-refractivity contribution in [3.05, 3.63) is 33.4 Å². The average Bonchev–Trinajstić information content (AvgIpc) is 3.62. The quantitative estimate of drug-likeness (QED) is 0.286. The molecule has 30 heavy (non-hydrogen) atoms. The van der Waals surface area contributed by atoms with Crippen LogP contribution in [0.25, 0.3) is 10.2 Å². The topological polar surface area (TPSA) is 64.0 Å². The van der Waals surface area contributed by atoms with Crippen LogP contribution in [0.1, 0.15) is 55.4 Å². The van der Waals surface area contributed by atoms with Crippen LogP contribution in [0.5, 0.6) is 0 Å². The Morgan fingerprint density at radius 3 is 2.67 bits per heavy atom. The Balaban J connectivity index is 1.39. The number of allylic oxidation sites excluding steroid dienone is 1. The first kappa shape index (κ1) is 20.3. The van der Waals surface area contributed by atoms with E-state index in [1.165, 1.54) is 60.7 Å². The second kappa shape index (κ2) is 8.50. The van der Waals surface area contributed by atoms with Crippen LogP contribution >= 0.6 is 23.1 Å². The summed E-state index contributed by atoms with van der Waals surface area (Å²) in [6, 6.07) is 0.358. The molecule has 0 spiro atoms. The molecule has 1 N–H and O–H groups in total. The molecule has 2 aromatic rings. The van der Waals surface area contributed by atoms with Crippen LogP contribution in [0.3, 0.4) is 0 Å². The molecule has 0 aromatic carbocycles. The van der Waals surface area contributed by atoms with Gasteiger partial charge in [-0.1, -0.05) is 24.3 Å². The van der Waals surface area contributed by atoms with Crippen LogP contribution in [-0.4, -0.2) is 27.3 Å². The fourth-order valence-electron chi connectivity index (χ4n) is 4.69. The molecule has 3 aliphatic carbocycles. The van der Waals surface area contributed by atoms with Gasteiger partial charge in [0.05, 0.1) is 11.1 Å². The lowest BCUT2D eigenvalue weighted by atomic mass is 10.1. The predicted molar refractivity (Wildman–Crippen MR) is 123 cm³/mol. The molecule has 0 bridgehead atoms. The molecule has 2 fully saturated rings. The van der Waals surface area contributed by atoms with Gasteiger partial charge >= 0.3 is 0 Å². The number of carbonyl (C=O) groups excluding carboxylic acids is 1. The van der Waals surface area contributed by atoms with Crippen molar-refractivity contribution >= 4 is 39.2 Å². The summed E-state index contributed by atoms with van der Waals surface area (Å²) in [5.74, 6) is 1.73. The van der Waals surface area contributed by atoms with Gasteiger partial charge in [0.1, 0.15) is 4.83 Å². The van der Waals surface area contributed by atoms with Gasteiger partial charge in [-0.25, -0.2) is 4.98 Å². The largest absolute Gasteiger partial charge is 0.352 e. The van der Waals surface area contributed by atoms with E-state index in [0.717, 1.165) is 29.5 Å². The maximum absolute atomic E-state index is 13.4. The Morgan fingerprint density at radius 1 is 1.23 bits per heavy atom. The van der Waals surface area contributed by atoms with Gasteiger partial charge in [0.15, 0.2) is 5.16 Å². The average molecular weight is 444 g/mol. The molecule has 3 aliphatic rings. The van der Waals surface area contributed by atoms with Gasteiger partial charge in [0.25, 0.3) is 5.56 Å². The number of aryl methyl sites for hydroxylation is 2. The maximum atomic E-state index is 13.4. The predicted octanol–water partition coefficient (Wildman–Crippen LogP) is 4.31. The molecule has 1 amide bonds. The molecule has 5 rings (SSSR count). The summed E-state index contributed by atoms with van der Waals surface area (Å²) >= 11 is 3.05. The molecule has 7 heteroatoms. The summed E-state index contributed by atoms with van der Waals surface area (Å²) < 4.78 is 1.70. The van der Waals surface area contributed by atoms with Gasteiger partial charge in [-0.3, -0.25) is 14.2 Å². The standard InChI is InChI=1S/C23H29N3O2S2/c1-2-12-26-22(28)19-16-6-4-3-5-7-17(16)30-21(19)25-23(26)29-13-18(27)24-20(14-8-9-14)15-10-11-15/h2,14-15,20H,1,3-13H2,(H,24,27). The van der Waals surface area contributed by atoms with E-state index < -0.39 is 0 Å². The number of nitrogens with one attached hydrogen (secondary N) is 1. The first-order chi connectivity index (χ1) is 14.7. The fourth-order valence-corrected chi connectivity index (χ4v) is 6.81. The number of nitrogens with zero attached hydrogens (tertiary/aromatic N) is 2. The SMILES string of the molecule is C=CCn1c(SCC(=O)NC(C2CC2)C2CC2)nc2sc3c(c2c1=O)CCCCC3. The fraction of sp³-hybridized carbons (Fsp3) is 0.609. The van der Waals surface area contributed by atoms with Gasteiger partial charge in [-0.15, -0.1) is 17.9 Å². The Labute approximate surface area is 185 Å². The molecular formula is C23H29N3O2S2. The van der Waals surface area contributed by atoms with Crippen molar-refractivity contribution in [1.29, 1.82) is 0 Å². The zero-order valence-electron chi connectivity index (χ0n) is 17.3. The molecule has 0 saturated heterocycles. The third-order valence-electron chi connectivity index (χ3n) is 6.52. The number of hydrogen-bond donors (Lipinski definition) is 1. The Morgan fingerprint density at radius 2 is 1.97 bits per heavy atom. The van der Waals surface area contributed by atoms with Gasteiger partial charge in [-0.05, 0) is 68.8 Å². The number of rotatable bonds is 8. The van der Waals surface area contributed by atoms with Gasteiger partial charge < -0.3 is 5.32 Å². The van der Waals surface area contributed by atoms with E-state index >= 15 is 0 Å². The molecule has 5 nitrogen and oxygen atoms in total.